The normalized spacial score (nSPS) is 12.4. The molecule has 0 heterocycles. The van der Waals surface area contributed by atoms with Gasteiger partial charge >= 0.3 is 11.9 Å². The van der Waals surface area contributed by atoms with E-state index in [-0.39, 0.29) is 6.10 Å². The fraction of sp³-hybridized carbons (Fsp3) is 0.789. The summed E-state index contributed by atoms with van der Waals surface area (Å²) in [6.45, 7) is 4.22. The van der Waals surface area contributed by atoms with Gasteiger partial charge in [-0.05, 0) is 19.3 Å². The highest BCUT2D eigenvalue weighted by Crippen LogP contribution is 2.14. The molecular weight excluding hydrogens is 292 g/mol. The molecule has 4 heteroatoms. The third kappa shape index (κ3) is 15.4. The molecular formula is C19H34O4. The highest BCUT2D eigenvalue weighted by Gasteiger charge is 2.10. The second kappa shape index (κ2) is 15.6. The molecule has 0 rings (SSSR count). The van der Waals surface area contributed by atoms with Crippen LogP contribution in [0.4, 0.5) is 0 Å². The number of esters is 1. The molecule has 0 spiro atoms. The van der Waals surface area contributed by atoms with Gasteiger partial charge in [0.1, 0.15) is 6.10 Å². The van der Waals surface area contributed by atoms with Gasteiger partial charge in [0.15, 0.2) is 0 Å². The van der Waals surface area contributed by atoms with Crippen LogP contribution < -0.4 is 0 Å². The van der Waals surface area contributed by atoms with E-state index in [2.05, 4.69) is 6.92 Å². The largest absolute Gasteiger partial charge is 0.478 e. The van der Waals surface area contributed by atoms with Crippen LogP contribution in [0.15, 0.2) is 12.2 Å². The average Bonchev–Trinajstić information content (AvgIpc) is 2.53. The zero-order valence-corrected chi connectivity index (χ0v) is 14.9. The molecule has 4 nitrogen and oxygen atoms in total. The zero-order chi connectivity index (χ0) is 17.3. The van der Waals surface area contributed by atoms with Crippen LogP contribution in [0, 0.1) is 0 Å². The molecule has 134 valence electrons. The van der Waals surface area contributed by atoms with Crippen LogP contribution in [0.25, 0.3) is 0 Å². The Morgan fingerprint density at radius 1 is 0.870 bits per heavy atom. The second-order valence-corrected chi connectivity index (χ2v) is 6.11. The van der Waals surface area contributed by atoms with Crippen LogP contribution in [-0.2, 0) is 14.3 Å². The van der Waals surface area contributed by atoms with Crippen LogP contribution in [0.1, 0.15) is 90.9 Å². The van der Waals surface area contributed by atoms with Gasteiger partial charge in [0.2, 0.25) is 0 Å². The minimum absolute atomic E-state index is 0.102. The molecule has 0 bridgehead atoms. The van der Waals surface area contributed by atoms with E-state index < -0.39 is 11.9 Å². The fourth-order valence-electron chi connectivity index (χ4n) is 2.55. The summed E-state index contributed by atoms with van der Waals surface area (Å²) in [5, 5.41) is 8.46. The minimum Gasteiger partial charge on any atom is -0.478 e. The van der Waals surface area contributed by atoms with Gasteiger partial charge in [0, 0.05) is 12.2 Å². The smallest absolute Gasteiger partial charge is 0.331 e. The van der Waals surface area contributed by atoms with Gasteiger partial charge in [0.05, 0.1) is 0 Å². The number of hydrogen-bond donors (Lipinski definition) is 1. The molecule has 1 atom stereocenters. The van der Waals surface area contributed by atoms with Crippen molar-refractivity contribution in [1.29, 1.82) is 0 Å². The van der Waals surface area contributed by atoms with E-state index in [0.29, 0.717) is 0 Å². The van der Waals surface area contributed by atoms with Gasteiger partial charge in [0.25, 0.3) is 0 Å². The molecule has 0 saturated heterocycles. The van der Waals surface area contributed by atoms with Gasteiger partial charge in [-0.25, -0.2) is 9.59 Å². The maximum atomic E-state index is 11.4. The van der Waals surface area contributed by atoms with E-state index in [9.17, 15) is 9.59 Å². The van der Waals surface area contributed by atoms with Crippen molar-refractivity contribution in [3.05, 3.63) is 12.2 Å². The lowest BCUT2D eigenvalue weighted by atomic mass is 10.0. The summed E-state index contributed by atoms with van der Waals surface area (Å²) in [4.78, 5) is 21.8. The lowest BCUT2D eigenvalue weighted by molar-refractivity contribution is -0.144. The SMILES string of the molecule is CCCCCCCCCCCCC(CC)OC(=O)/C=C/C(=O)O. The molecule has 0 aliphatic heterocycles. The summed E-state index contributed by atoms with van der Waals surface area (Å²) in [7, 11) is 0. The van der Waals surface area contributed by atoms with Crippen molar-refractivity contribution in [3.8, 4) is 0 Å². The number of carboxylic acids is 1. The number of unbranched alkanes of at least 4 members (excludes halogenated alkanes) is 9. The summed E-state index contributed by atoms with van der Waals surface area (Å²) in [6.07, 6.45) is 16.2. The monoisotopic (exact) mass is 326 g/mol. The summed E-state index contributed by atoms with van der Waals surface area (Å²) in [5.74, 6) is -1.70. The average molecular weight is 326 g/mol. The first-order valence-corrected chi connectivity index (χ1v) is 9.21. The van der Waals surface area contributed by atoms with Gasteiger partial charge in [-0.15, -0.1) is 0 Å². The van der Waals surface area contributed by atoms with Gasteiger partial charge in [-0.2, -0.15) is 0 Å². The molecule has 0 aromatic heterocycles. The third-order valence-electron chi connectivity index (χ3n) is 3.98. The molecule has 0 fully saturated rings. The van der Waals surface area contributed by atoms with E-state index >= 15 is 0 Å². The van der Waals surface area contributed by atoms with Crippen LogP contribution in [-0.4, -0.2) is 23.1 Å². The van der Waals surface area contributed by atoms with Crippen LogP contribution in [0.3, 0.4) is 0 Å². The van der Waals surface area contributed by atoms with E-state index in [1.165, 1.54) is 57.8 Å². The van der Waals surface area contributed by atoms with Crippen molar-refractivity contribution >= 4 is 11.9 Å². The maximum absolute atomic E-state index is 11.4. The van der Waals surface area contributed by atoms with E-state index in [1.54, 1.807) is 0 Å². The Morgan fingerprint density at radius 3 is 1.87 bits per heavy atom. The first kappa shape index (κ1) is 21.7. The first-order valence-electron chi connectivity index (χ1n) is 9.21. The lowest BCUT2D eigenvalue weighted by Gasteiger charge is -2.14. The van der Waals surface area contributed by atoms with Crippen molar-refractivity contribution in [2.45, 2.75) is 97.0 Å². The quantitative estimate of drug-likeness (QED) is 0.253. The Bertz CT molecular complexity index is 336. The Kier molecular flexibility index (Phi) is 14.7. The molecule has 23 heavy (non-hydrogen) atoms. The van der Waals surface area contributed by atoms with E-state index in [1.807, 2.05) is 6.92 Å². The molecule has 0 saturated carbocycles. The van der Waals surface area contributed by atoms with Crippen molar-refractivity contribution in [3.63, 3.8) is 0 Å². The fourth-order valence-corrected chi connectivity index (χ4v) is 2.55. The zero-order valence-electron chi connectivity index (χ0n) is 14.9. The lowest BCUT2D eigenvalue weighted by Crippen LogP contribution is -2.16. The second-order valence-electron chi connectivity index (χ2n) is 6.11. The van der Waals surface area contributed by atoms with Crippen molar-refractivity contribution < 1.29 is 19.4 Å². The number of carbonyl (C=O) groups excluding carboxylic acids is 1. The topological polar surface area (TPSA) is 63.6 Å². The van der Waals surface area contributed by atoms with Crippen LogP contribution in [0.5, 0.6) is 0 Å². The molecule has 0 aromatic rings. The number of carbonyl (C=O) groups is 2. The minimum atomic E-state index is -1.13. The van der Waals surface area contributed by atoms with Crippen molar-refractivity contribution in [1.82, 2.24) is 0 Å². The number of hydrogen-bond acceptors (Lipinski definition) is 3. The predicted octanol–water partition coefficient (Wildman–Crippen LogP) is 5.26. The van der Waals surface area contributed by atoms with Gasteiger partial charge < -0.3 is 9.84 Å². The van der Waals surface area contributed by atoms with Gasteiger partial charge in [-0.3, -0.25) is 0 Å². The van der Waals surface area contributed by atoms with Crippen LogP contribution in [0.2, 0.25) is 0 Å². The number of carboxylic acid groups (broad SMARTS) is 1. The van der Waals surface area contributed by atoms with Crippen LogP contribution >= 0.6 is 0 Å². The summed E-state index contributed by atoms with van der Waals surface area (Å²) in [6, 6.07) is 0. The van der Waals surface area contributed by atoms with Crippen molar-refractivity contribution in [2.24, 2.45) is 0 Å². The molecule has 0 aliphatic carbocycles. The molecule has 0 radical (unpaired) electrons. The Hall–Kier alpha value is -1.32. The highest BCUT2D eigenvalue weighted by atomic mass is 16.5. The molecule has 1 N–H and O–H groups in total. The highest BCUT2D eigenvalue weighted by molar-refractivity contribution is 5.90. The molecule has 0 aromatic carbocycles. The van der Waals surface area contributed by atoms with Crippen molar-refractivity contribution in [2.75, 3.05) is 0 Å². The maximum Gasteiger partial charge on any atom is 0.331 e. The summed E-state index contributed by atoms with van der Waals surface area (Å²) < 4.78 is 5.24. The molecule has 0 amide bonds. The van der Waals surface area contributed by atoms with E-state index in [4.69, 9.17) is 9.84 Å². The number of rotatable bonds is 15. The number of aliphatic carboxylic acids is 1. The molecule has 1 unspecified atom stereocenters. The molecule has 0 aliphatic rings. The Labute approximate surface area is 141 Å². The first-order chi connectivity index (χ1) is 11.1. The standard InChI is InChI=1S/C19H34O4/c1-3-5-6-7-8-9-10-11-12-13-14-17(4-2)23-19(22)16-15-18(20)21/h15-17H,3-14H2,1-2H3,(H,20,21)/b16-15+. The third-order valence-corrected chi connectivity index (χ3v) is 3.98. The number of ether oxygens (including phenoxy) is 1. The summed E-state index contributed by atoms with van der Waals surface area (Å²) in [5.41, 5.74) is 0. The Morgan fingerprint density at radius 2 is 1.39 bits per heavy atom. The predicted molar refractivity (Wildman–Crippen MR) is 93.4 cm³/mol. The van der Waals surface area contributed by atoms with Gasteiger partial charge in [-0.1, -0.05) is 71.6 Å². The van der Waals surface area contributed by atoms with E-state index in [0.717, 1.165) is 31.4 Å². The summed E-state index contributed by atoms with van der Waals surface area (Å²) >= 11 is 0. The Balaban J connectivity index is 3.57.